The Morgan fingerprint density at radius 3 is 3.07 bits per heavy atom. The number of fused-ring (bicyclic) bond motifs is 1. The zero-order valence-corrected chi connectivity index (χ0v) is 9.06. The van der Waals surface area contributed by atoms with E-state index in [1.165, 1.54) is 5.69 Å². The number of aliphatic hydroxyl groups excluding tert-OH is 1. The van der Waals surface area contributed by atoms with Crippen LogP contribution in [0.5, 0.6) is 0 Å². The number of nitrogens with zero attached hydrogens (tertiary/aromatic N) is 1. The summed E-state index contributed by atoms with van der Waals surface area (Å²) >= 11 is 0. The number of hydrogen-bond acceptors (Lipinski definition) is 2. The van der Waals surface area contributed by atoms with Crippen molar-refractivity contribution in [2.75, 3.05) is 18.0 Å². The molecule has 2 nitrogen and oxygen atoms in total. The molecule has 1 aromatic rings. The summed E-state index contributed by atoms with van der Waals surface area (Å²) in [7, 11) is 0. The predicted molar refractivity (Wildman–Crippen MR) is 63.0 cm³/mol. The van der Waals surface area contributed by atoms with Crippen molar-refractivity contribution in [1.82, 2.24) is 0 Å². The first-order valence-electron chi connectivity index (χ1n) is 5.46. The van der Waals surface area contributed by atoms with Gasteiger partial charge in [-0.25, -0.2) is 0 Å². The van der Waals surface area contributed by atoms with Gasteiger partial charge in [0.2, 0.25) is 0 Å². The first-order chi connectivity index (χ1) is 7.33. The van der Waals surface area contributed by atoms with E-state index in [1.54, 1.807) is 0 Å². The first-order valence-corrected chi connectivity index (χ1v) is 5.46. The van der Waals surface area contributed by atoms with E-state index in [4.69, 9.17) is 0 Å². The van der Waals surface area contributed by atoms with Crippen LogP contribution in [0.25, 0.3) is 0 Å². The summed E-state index contributed by atoms with van der Waals surface area (Å²) in [6.07, 6.45) is 4.75. The molecule has 15 heavy (non-hydrogen) atoms. The molecular weight excluding hydrogens is 186 g/mol. The van der Waals surface area contributed by atoms with Gasteiger partial charge in [-0.15, -0.1) is 0 Å². The van der Waals surface area contributed by atoms with Crippen LogP contribution < -0.4 is 4.90 Å². The molecule has 1 unspecified atom stereocenters. The van der Waals surface area contributed by atoms with E-state index in [0.29, 0.717) is 0 Å². The van der Waals surface area contributed by atoms with Crippen LogP contribution in [0, 0.1) is 0 Å². The Morgan fingerprint density at radius 1 is 1.47 bits per heavy atom. The van der Waals surface area contributed by atoms with Gasteiger partial charge in [-0.2, -0.15) is 0 Å². The molecule has 0 aromatic heterocycles. The maximum Gasteiger partial charge on any atom is 0.0826 e. The third-order valence-electron chi connectivity index (χ3n) is 2.87. The standard InChI is InChI=1S/C13H17NO/c1-2-3-9-14-10-8-13(15)11-6-4-5-7-12(11)14/h2-7,13,15H,8-10H2,1H3/b3-2+. The monoisotopic (exact) mass is 203 g/mol. The van der Waals surface area contributed by atoms with Gasteiger partial charge in [0, 0.05) is 24.3 Å². The van der Waals surface area contributed by atoms with Crippen LogP contribution in [0.3, 0.4) is 0 Å². The van der Waals surface area contributed by atoms with E-state index >= 15 is 0 Å². The topological polar surface area (TPSA) is 23.5 Å². The van der Waals surface area contributed by atoms with Gasteiger partial charge in [0.05, 0.1) is 6.10 Å². The molecule has 1 N–H and O–H groups in total. The SMILES string of the molecule is C/C=C/CN1CCC(O)c2ccccc21. The van der Waals surface area contributed by atoms with Gasteiger partial charge in [-0.3, -0.25) is 0 Å². The third kappa shape index (κ3) is 2.05. The largest absolute Gasteiger partial charge is 0.388 e. The Hall–Kier alpha value is -1.28. The lowest BCUT2D eigenvalue weighted by Crippen LogP contribution is -2.31. The lowest BCUT2D eigenvalue weighted by Gasteiger charge is -2.33. The highest BCUT2D eigenvalue weighted by Gasteiger charge is 2.21. The summed E-state index contributed by atoms with van der Waals surface area (Å²) < 4.78 is 0. The summed E-state index contributed by atoms with van der Waals surface area (Å²) in [6, 6.07) is 8.11. The number of hydrogen-bond donors (Lipinski definition) is 1. The molecule has 0 saturated heterocycles. The summed E-state index contributed by atoms with van der Waals surface area (Å²) in [5.41, 5.74) is 2.24. The molecule has 0 amide bonds. The Balaban J connectivity index is 2.27. The molecule has 2 heteroatoms. The molecule has 0 fully saturated rings. The van der Waals surface area contributed by atoms with Crippen molar-refractivity contribution in [1.29, 1.82) is 0 Å². The van der Waals surface area contributed by atoms with E-state index < -0.39 is 0 Å². The smallest absolute Gasteiger partial charge is 0.0826 e. The number of aliphatic hydroxyl groups is 1. The van der Waals surface area contributed by atoms with Gasteiger partial charge in [-0.05, 0) is 19.4 Å². The number of allylic oxidation sites excluding steroid dienone is 1. The second-order valence-corrected chi connectivity index (χ2v) is 3.88. The minimum Gasteiger partial charge on any atom is -0.388 e. The zero-order valence-electron chi connectivity index (χ0n) is 9.06. The van der Waals surface area contributed by atoms with Crippen molar-refractivity contribution in [3.8, 4) is 0 Å². The van der Waals surface area contributed by atoms with Crippen molar-refractivity contribution >= 4 is 5.69 Å². The van der Waals surface area contributed by atoms with Gasteiger partial charge in [-0.1, -0.05) is 30.4 Å². The highest BCUT2D eigenvalue weighted by Crippen LogP contribution is 2.32. The molecule has 1 aliphatic heterocycles. The summed E-state index contributed by atoms with van der Waals surface area (Å²) in [5.74, 6) is 0. The second-order valence-electron chi connectivity index (χ2n) is 3.88. The van der Waals surface area contributed by atoms with Crippen molar-refractivity contribution in [2.24, 2.45) is 0 Å². The Morgan fingerprint density at radius 2 is 2.27 bits per heavy atom. The molecule has 80 valence electrons. The number of rotatable bonds is 2. The van der Waals surface area contributed by atoms with Crippen molar-refractivity contribution in [3.05, 3.63) is 42.0 Å². The zero-order chi connectivity index (χ0) is 10.7. The van der Waals surface area contributed by atoms with Gasteiger partial charge in [0.15, 0.2) is 0 Å². The molecular formula is C13H17NO. The molecule has 0 saturated carbocycles. The van der Waals surface area contributed by atoms with Crippen LogP contribution in [-0.4, -0.2) is 18.2 Å². The van der Waals surface area contributed by atoms with E-state index in [9.17, 15) is 5.11 Å². The minimum atomic E-state index is -0.289. The van der Waals surface area contributed by atoms with E-state index in [0.717, 1.165) is 25.1 Å². The molecule has 1 heterocycles. The maximum absolute atomic E-state index is 9.86. The summed E-state index contributed by atoms with van der Waals surface area (Å²) in [5, 5.41) is 9.86. The van der Waals surface area contributed by atoms with Crippen molar-refractivity contribution in [3.63, 3.8) is 0 Å². The normalized spacial score (nSPS) is 20.7. The first kappa shape index (κ1) is 10.2. The van der Waals surface area contributed by atoms with Crippen molar-refractivity contribution in [2.45, 2.75) is 19.4 Å². The average molecular weight is 203 g/mol. The predicted octanol–water partition coefficient (Wildman–Crippen LogP) is 2.51. The highest BCUT2D eigenvalue weighted by molar-refractivity contribution is 5.56. The number of benzene rings is 1. The Labute approximate surface area is 90.8 Å². The molecule has 0 aliphatic carbocycles. The van der Waals surface area contributed by atoms with Gasteiger partial charge >= 0.3 is 0 Å². The van der Waals surface area contributed by atoms with Gasteiger partial charge in [0.1, 0.15) is 0 Å². The van der Waals surface area contributed by atoms with Crippen LogP contribution in [0.4, 0.5) is 5.69 Å². The van der Waals surface area contributed by atoms with Gasteiger partial charge < -0.3 is 10.0 Å². The average Bonchev–Trinajstić information content (AvgIpc) is 2.29. The van der Waals surface area contributed by atoms with Crippen LogP contribution in [0.2, 0.25) is 0 Å². The maximum atomic E-state index is 9.86. The quantitative estimate of drug-likeness (QED) is 0.746. The van der Waals surface area contributed by atoms with Crippen LogP contribution in [-0.2, 0) is 0 Å². The van der Waals surface area contributed by atoms with Crippen molar-refractivity contribution < 1.29 is 5.11 Å². The van der Waals surface area contributed by atoms with E-state index in [-0.39, 0.29) is 6.10 Å². The Kier molecular flexibility index (Phi) is 3.07. The van der Waals surface area contributed by atoms with E-state index in [1.807, 2.05) is 25.1 Å². The highest BCUT2D eigenvalue weighted by atomic mass is 16.3. The molecule has 0 bridgehead atoms. The fourth-order valence-corrected chi connectivity index (χ4v) is 2.03. The third-order valence-corrected chi connectivity index (χ3v) is 2.87. The molecule has 1 atom stereocenters. The van der Waals surface area contributed by atoms with Crippen LogP contribution in [0.1, 0.15) is 25.0 Å². The fraction of sp³-hybridized carbons (Fsp3) is 0.385. The summed E-state index contributed by atoms with van der Waals surface area (Å²) in [6.45, 7) is 3.90. The lowest BCUT2D eigenvalue weighted by atomic mass is 9.99. The molecule has 2 rings (SSSR count). The fourth-order valence-electron chi connectivity index (χ4n) is 2.03. The molecule has 1 aliphatic rings. The molecule has 0 radical (unpaired) electrons. The van der Waals surface area contributed by atoms with Gasteiger partial charge in [0.25, 0.3) is 0 Å². The summed E-state index contributed by atoms with van der Waals surface area (Å²) in [4.78, 5) is 2.31. The number of para-hydroxylation sites is 1. The van der Waals surface area contributed by atoms with Crippen LogP contribution >= 0.6 is 0 Å². The number of anilines is 1. The molecule has 0 spiro atoms. The second kappa shape index (κ2) is 4.49. The lowest BCUT2D eigenvalue weighted by molar-refractivity contribution is 0.164. The Bertz CT molecular complexity index is 359. The van der Waals surface area contributed by atoms with E-state index in [2.05, 4.69) is 23.1 Å². The molecule has 1 aromatic carbocycles. The minimum absolute atomic E-state index is 0.289. The van der Waals surface area contributed by atoms with Crippen LogP contribution in [0.15, 0.2) is 36.4 Å².